The molecular weight excluding hydrogens is 325 g/mol. The second kappa shape index (κ2) is 4.96. The molecule has 2 aromatic rings. The predicted molar refractivity (Wildman–Crippen MR) is 79.6 cm³/mol. The van der Waals surface area contributed by atoms with Gasteiger partial charge in [-0.1, -0.05) is 6.07 Å². The maximum absolute atomic E-state index is 5.92. The summed E-state index contributed by atoms with van der Waals surface area (Å²) in [5.41, 5.74) is 8.95. The maximum atomic E-state index is 5.92. The lowest BCUT2D eigenvalue weighted by Gasteiger charge is -2.10. The van der Waals surface area contributed by atoms with Gasteiger partial charge in [0.2, 0.25) is 0 Å². The van der Waals surface area contributed by atoms with Crippen molar-refractivity contribution in [2.45, 2.75) is 13.8 Å². The smallest absolute Gasteiger partial charge is 0.150 e. The van der Waals surface area contributed by atoms with Crippen molar-refractivity contribution in [3.05, 3.63) is 51.1 Å². The zero-order chi connectivity index (χ0) is 12.4. The molecule has 0 aromatic heterocycles. The van der Waals surface area contributed by atoms with Crippen molar-refractivity contribution in [2.24, 2.45) is 0 Å². The number of anilines is 1. The van der Waals surface area contributed by atoms with E-state index in [-0.39, 0.29) is 0 Å². The average molecular weight is 339 g/mol. The Labute approximate surface area is 115 Å². The van der Waals surface area contributed by atoms with Crippen LogP contribution in [0.2, 0.25) is 0 Å². The summed E-state index contributed by atoms with van der Waals surface area (Å²) in [6, 6.07) is 11.9. The molecule has 88 valence electrons. The summed E-state index contributed by atoms with van der Waals surface area (Å²) in [4.78, 5) is 0. The molecule has 0 bridgehead atoms. The SMILES string of the molecule is Cc1cc(C)cc(Oc2ccc(I)cc2N)c1. The van der Waals surface area contributed by atoms with Crippen LogP contribution in [0.3, 0.4) is 0 Å². The van der Waals surface area contributed by atoms with E-state index in [1.54, 1.807) is 0 Å². The molecule has 0 heterocycles. The van der Waals surface area contributed by atoms with Crippen LogP contribution in [-0.4, -0.2) is 0 Å². The minimum atomic E-state index is 0.663. The first kappa shape index (κ1) is 12.2. The van der Waals surface area contributed by atoms with Gasteiger partial charge in [0.1, 0.15) is 11.5 Å². The zero-order valence-corrected chi connectivity index (χ0v) is 12.0. The van der Waals surface area contributed by atoms with Gasteiger partial charge in [0, 0.05) is 3.57 Å². The third kappa shape index (κ3) is 3.12. The van der Waals surface area contributed by atoms with E-state index in [1.165, 1.54) is 11.1 Å². The van der Waals surface area contributed by atoms with Gasteiger partial charge in [-0.05, 0) is 77.9 Å². The van der Waals surface area contributed by atoms with Crippen molar-refractivity contribution in [3.8, 4) is 11.5 Å². The van der Waals surface area contributed by atoms with E-state index in [4.69, 9.17) is 10.5 Å². The lowest BCUT2D eigenvalue weighted by Crippen LogP contribution is -1.93. The molecule has 17 heavy (non-hydrogen) atoms. The molecule has 2 nitrogen and oxygen atoms in total. The van der Waals surface area contributed by atoms with E-state index in [1.807, 2.05) is 30.3 Å². The fourth-order valence-corrected chi connectivity index (χ4v) is 2.25. The van der Waals surface area contributed by atoms with Gasteiger partial charge < -0.3 is 10.5 Å². The Kier molecular flexibility index (Phi) is 3.57. The van der Waals surface area contributed by atoms with E-state index >= 15 is 0 Å². The zero-order valence-electron chi connectivity index (χ0n) is 9.83. The van der Waals surface area contributed by atoms with Crippen LogP contribution in [0.5, 0.6) is 11.5 Å². The average Bonchev–Trinajstić information content (AvgIpc) is 2.21. The molecule has 0 atom stereocenters. The van der Waals surface area contributed by atoms with Crippen LogP contribution >= 0.6 is 22.6 Å². The number of hydrogen-bond donors (Lipinski definition) is 1. The minimum Gasteiger partial charge on any atom is -0.455 e. The van der Waals surface area contributed by atoms with Gasteiger partial charge in [0.15, 0.2) is 0 Å². The van der Waals surface area contributed by atoms with Crippen LogP contribution in [0.25, 0.3) is 0 Å². The molecule has 2 rings (SSSR count). The van der Waals surface area contributed by atoms with E-state index in [0.717, 1.165) is 9.32 Å². The fraction of sp³-hybridized carbons (Fsp3) is 0.143. The molecule has 0 aliphatic carbocycles. The van der Waals surface area contributed by atoms with Crippen molar-refractivity contribution < 1.29 is 4.74 Å². The fourth-order valence-electron chi connectivity index (χ4n) is 1.73. The summed E-state index contributed by atoms with van der Waals surface area (Å²) in [5.74, 6) is 1.53. The highest BCUT2D eigenvalue weighted by Crippen LogP contribution is 2.29. The Hall–Kier alpha value is -1.23. The number of hydrogen-bond acceptors (Lipinski definition) is 2. The molecule has 0 unspecified atom stereocenters. The Morgan fingerprint density at radius 1 is 1.00 bits per heavy atom. The van der Waals surface area contributed by atoms with E-state index in [0.29, 0.717) is 11.4 Å². The Morgan fingerprint density at radius 2 is 1.65 bits per heavy atom. The number of benzene rings is 2. The van der Waals surface area contributed by atoms with Crippen molar-refractivity contribution in [2.75, 3.05) is 5.73 Å². The Balaban J connectivity index is 2.31. The molecule has 0 amide bonds. The third-order valence-corrected chi connectivity index (χ3v) is 3.07. The largest absolute Gasteiger partial charge is 0.455 e. The van der Waals surface area contributed by atoms with Crippen molar-refractivity contribution in [1.29, 1.82) is 0 Å². The van der Waals surface area contributed by atoms with Crippen LogP contribution in [0, 0.1) is 17.4 Å². The molecule has 3 heteroatoms. The lowest BCUT2D eigenvalue weighted by molar-refractivity contribution is 0.484. The highest BCUT2D eigenvalue weighted by Gasteiger charge is 2.03. The van der Waals surface area contributed by atoms with Crippen molar-refractivity contribution >= 4 is 28.3 Å². The summed E-state index contributed by atoms with van der Waals surface area (Å²) < 4.78 is 6.90. The standard InChI is InChI=1S/C14H14INO/c1-9-5-10(2)7-12(6-9)17-14-4-3-11(15)8-13(14)16/h3-8H,16H2,1-2H3. The summed E-state index contributed by atoms with van der Waals surface area (Å²) in [6.45, 7) is 4.11. The van der Waals surface area contributed by atoms with Crippen LogP contribution in [0.4, 0.5) is 5.69 Å². The van der Waals surface area contributed by atoms with Crippen molar-refractivity contribution in [3.63, 3.8) is 0 Å². The highest BCUT2D eigenvalue weighted by molar-refractivity contribution is 14.1. The van der Waals surface area contributed by atoms with Crippen LogP contribution in [-0.2, 0) is 0 Å². The first-order chi connectivity index (χ1) is 8.04. The second-order valence-electron chi connectivity index (χ2n) is 4.11. The van der Waals surface area contributed by atoms with Gasteiger partial charge in [-0.25, -0.2) is 0 Å². The topological polar surface area (TPSA) is 35.2 Å². The molecule has 0 saturated carbocycles. The van der Waals surface area contributed by atoms with Crippen LogP contribution in [0.1, 0.15) is 11.1 Å². The molecule has 0 aliphatic rings. The number of nitrogen functional groups attached to an aromatic ring is 1. The number of ether oxygens (including phenoxy) is 1. The van der Waals surface area contributed by atoms with Crippen molar-refractivity contribution in [1.82, 2.24) is 0 Å². The van der Waals surface area contributed by atoms with Gasteiger partial charge in [-0.3, -0.25) is 0 Å². The minimum absolute atomic E-state index is 0.663. The monoisotopic (exact) mass is 339 g/mol. The van der Waals surface area contributed by atoms with Crippen LogP contribution < -0.4 is 10.5 Å². The third-order valence-electron chi connectivity index (χ3n) is 2.39. The molecule has 0 radical (unpaired) electrons. The van der Waals surface area contributed by atoms with Gasteiger partial charge in [-0.15, -0.1) is 0 Å². The van der Waals surface area contributed by atoms with E-state index < -0.39 is 0 Å². The van der Waals surface area contributed by atoms with Gasteiger partial charge in [0.05, 0.1) is 5.69 Å². The molecule has 0 spiro atoms. The van der Waals surface area contributed by atoms with E-state index in [2.05, 4.69) is 42.5 Å². The first-order valence-corrected chi connectivity index (χ1v) is 6.43. The number of halogens is 1. The second-order valence-corrected chi connectivity index (χ2v) is 5.35. The van der Waals surface area contributed by atoms with E-state index in [9.17, 15) is 0 Å². The van der Waals surface area contributed by atoms with Gasteiger partial charge >= 0.3 is 0 Å². The Morgan fingerprint density at radius 3 is 2.24 bits per heavy atom. The Bertz CT molecular complexity index is 532. The normalized spacial score (nSPS) is 10.3. The summed E-state index contributed by atoms with van der Waals surface area (Å²) >= 11 is 2.23. The maximum Gasteiger partial charge on any atom is 0.150 e. The van der Waals surface area contributed by atoms with Gasteiger partial charge in [-0.2, -0.15) is 0 Å². The highest BCUT2D eigenvalue weighted by atomic mass is 127. The van der Waals surface area contributed by atoms with Crippen LogP contribution in [0.15, 0.2) is 36.4 Å². The quantitative estimate of drug-likeness (QED) is 0.655. The number of nitrogens with two attached hydrogens (primary N) is 1. The molecule has 0 saturated heterocycles. The predicted octanol–water partition coefficient (Wildman–Crippen LogP) is 4.28. The lowest BCUT2D eigenvalue weighted by atomic mass is 10.1. The number of rotatable bonds is 2. The number of aryl methyl sites for hydroxylation is 2. The summed E-state index contributed by atoms with van der Waals surface area (Å²) in [7, 11) is 0. The first-order valence-electron chi connectivity index (χ1n) is 5.36. The van der Waals surface area contributed by atoms with Gasteiger partial charge in [0.25, 0.3) is 0 Å². The molecule has 2 N–H and O–H groups in total. The molecule has 2 aromatic carbocycles. The molecular formula is C14H14INO. The molecule has 0 fully saturated rings. The summed E-state index contributed by atoms with van der Waals surface area (Å²) in [5, 5.41) is 0. The molecule has 0 aliphatic heterocycles. The summed E-state index contributed by atoms with van der Waals surface area (Å²) in [6.07, 6.45) is 0.